The van der Waals surface area contributed by atoms with E-state index < -0.39 is 74.5 Å². The van der Waals surface area contributed by atoms with Crippen LogP contribution in [0.3, 0.4) is 0 Å². The van der Waals surface area contributed by atoms with Gasteiger partial charge in [-0.15, -0.1) is 11.3 Å². The zero-order valence-electron chi connectivity index (χ0n) is 32.5. The van der Waals surface area contributed by atoms with Gasteiger partial charge in [0.05, 0.1) is 23.9 Å². The Bertz CT molecular complexity index is 2490. The number of amides is 4. The number of hydrogen-bond acceptors (Lipinski definition) is 13. The lowest BCUT2D eigenvalue weighted by Gasteiger charge is -2.29. The molecular weight excluding hydrogens is 818 g/mol. The van der Waals surface area contributed by atoms with Crippen LogP contribution < -0.4 is 20.1 Å². The lowest BCUT2D eigenvalue weighted by atomic mass is 10.1. The van der Waals surface area contributed by atoms with E-state index in [-0.39, 0.29) is 50.4 Å². The van der Waals surface area contributed by atoms with Crippen LogP contribution in [0.2, 0.25) is 0 Å². The molecule has 19 heteroatoms. The minimum Gasteiger partial charge on any atom is -0.471 e. The van der Waals surface area contributed by atoms with Gasteiger partial charge in [-0.1, -0.05) is 24.3 Å². The molecule has 0 radical (unpaired) electrons. The molecule has 5 aliphatic rings. The molecule has 1 aromatic carbocycles. The van der Waals surface area contributed by atoms with Crippen LogP contribution in [0.4, 0.5) is 9.18 Å². The number of carbonyl (C=O) groups is 4. The Labute approximate surface area is 348 Å². The van der Waals surface area contributed by atoms with E-state index in [4.69, 9.17) is 24.2 Å². The molecule has 60 heavy (non-hydrogen) atoms. The summed E-state index contributed by atoms with van der Waals surface area (Å²) in [7, 11) is -3.95. The third kappa shape index (κ3) is 8.26. The molecule has 5 heterocycles. The minimum atomic E-state index is -3.95. The topological polar surface area (TPSA) is 208 Å². The summed E-state index contributed by atoms with van der Waals surface area (Å²) in [5.74, 6) is -2.85. The van der Waals surface area contributed by atoms with Crippen LogP contribution >= 0.6 is 11.3 Å². The van der Waals surface area contributed by atoms with Crippen LogP contribution in [0.15, 0.2) is 54.7 Å². The number of thiophene rings is 1. The molecule has 9 rings (SSSR count). The fourth-order valence-corrected chi connectivity index (χ4v) is 10.6. The summed E-state index contributed by atoms with van der Waals surface area (Å²) in [5.41, 5.74) is -0.652. The highest BCUT2D eigenvalue weighted by Gasteiger charge is 2.62. The van der Waals surface area contributed by atoms with Crippen LogP contribution in [0, 0.1) is 11.7 Å². The maximum Gasteiger partial charge on any atom is 0.408 e. The van der Waals surface area contributed by atoms with E-state index in [9.17, 15) is 32.0 Å². The minimum absolute atomic E-state index is 0.0693. The summed E-state index contributed by atoms with van der Waals surface area (Å²) in [6.45, 7) is -0.0998. The fourth-order valence-electron chi connectivity index (χ4n) is 8.26. The second-order valence-electron chi connectivity index (χ2n) is 16.1. The molecule has 16 nitrogen and oxygen atoms in total. The molecule has 316 valence electrons. The van der Waals surface area contributed by atoms with Crippen LogP contribution in [0.25, 0.3) is 31.8 Å². The number of pyridine rings is 1. The number of halogens is 1. The third-order valence-electron chi connectivity index (χ3n) is 11.7. The normalized spacial score (nSPS) is 27.0. The summed E-state index contributed by atoms with van der Waals surface area (Å²) in [5, 5.41) is 5.60. The van der Waals surface area contributed by atoms with Crippen molar-refractivity contribution in [1.29, 1.82) is 0 Å². The maximum atomic E-state index is 14.7. The predicted octanol–water partition coefficient (Wildman–Crippen LogP) is 4.28. The molecule has 3 saturated carbocycles. The van der Waals surface area contributed by atoms with Crippen molar-refractivity contribution in [2.45, 2.75) is 99.3 Å². The van der Waals surface area contributed by atoms with Gasteiger partial charge in [-0.3, -0.25) is 19.1 Å². The number of rotatable bonds is 8. The van der Waals surface area contributed by atoms with E-state index in [1.807, 2.05) is 12.1 Å². The first-order valence-electron chi connectivity index (χ1n) is 20.4. The van der Waals surface area contributed by atoms with E-state index >= 15 is 0 Å². The van der Waals surface area contributed by atoms with Crippen molar-refractivity contribution >= 4 is 65.6 Å². The third-order valence-corrected chi connectivity index (χ3v) is 14.6. The number of hydrogen-bond donors (Lipinski definition) is 3. The average Bonchev–Trinajstić information content (AvgIpc) is 4.04. The molecular formula is C41H44FN7O9S2. The van der Waals surface area contributed by atoms with Gasteiger partial charge >= 0.3 is 6.09 Å². The number of fused-ring (bicyclic) bond motifs is 5. The number of allylic oxidation sites excluding steroid dienone is 1. The van der Waals surface area contributed by atoms with Gasteiger partial charge in [-0.05, 0) is 82.1 Å². The molecule has 5 atom stereocenters. The maximum absolute atomic E-state index is 14.7. The summed E-state index contributed by atoms with van der Waals surface area (Å²) < 4.78 is 61.2. The van der Waals surface area contributed by atoms with Crippen molar-refractivity contribution in [1.82, 2.24) is 35.2 Å². The first kappa shape index (κ1) is 40.2. The molecule has 4 fully saturated rings. The summed E-state index contributed by atoms with van der Waals surface area (Å²) in [6, 6.07) is 6.99. The Morgan fingerprint density at radius 1 is 1.05 bits per heavy atom. The van der Waals surface area contributed by atoms with Gasteiger partial charge < -0.3 is 29.7 Å². The molecule has 1 saturated heterocycles. The Kier molecular flexibility index (Phi) is 10.9. The first-order chi connectivity index (χ1) is 29.0. The van der Waals surface area contributed by atoms with Crippen LogP contribution in [-0.2, 0) is 33.9 Å². The van der Waals surface area contributed by atoms with E-state index in [2.05, 4.69) is 20.3 Å². The zero-order chi connectivity index (χ0) is 41.6. The summed E-state index contributed by atoms with van der Waals surface area (Å²) in [4.78, 5) is 72.2. The monoisotopic (exact) mass is 861 g/mol. The molecule has 4 amide bonds. The first-order valence-corrected chi connectivity index (χ1v) is 22.7. The predicted molar refractivity (Wildman–Crippen MR) is 217 cm³/mol. The van der Waals surface area contributed by atoms with Gasteiger partial charge in [-0.25, -0.2) is 27.6 Å². The number of sulfonamides is 1. The highest BCUT2D eigenvalue weighted by Crippen LogP contribution is 2.46. The van der Waals surface area contributed by atoms with Crippen LogP contribution in [-0.4, -0.2) is 107 Å². The fraction of sp³-hybridized carbons (Fsp3) is 0.488. The number of ether oxygens (including phenoxy) is 3. The van der Waals surface area contributed by atoms with E-state index in [1.165, 1.54) is 28.4 Å². The molecule has 3 aliphatic carbocycles. The van der Waals surface area contributed by atoms with Crippen molar-refractivity contribution < 1.29 is 46.2 Å². The lowest BCUT2D eigenvalue weighted by molar-refractivity contribution is -0.142. The van der Waals surface area contributed by atoms with Crippen LogP contribution in [0.5, 0.6) is 5.88 Å². The van der Waals surface area contributed by atoms with Crippen molar-refractivity contribution in [3.05, 3.63) is 60.6 Å². The van der Waals surface area contributed by atoms with Gasteiger partial charge in [-0.2, -0.15) is 4.98 Å². The zero-order valence-corrected chi connectivity index (χ0v) is 34.1. The second-order valence-corrected chi connectivity index (χ2v) is 19.0. The number of alkyl carbamates (subject to hydrolysis) is 1. The number of carbonyl (C=O) groups excluding carboxylic acids is 4. The van der Waals surface area contributed by atoms with E-state index in [0.29, 0.717) is 46.3 Å². The molecule has 0 unspecified atom stereocenters. The Hall–Kier alpha value is -5.27. The van der Waals surface area contributed by atoms with Crippen molar-refractivity contribution in [3.8, 4) is 17.3 Å². The van der Waals surface area contributed by atoms with E-state index in [1.54, 1.807) is 30.5 Å². The Morgan fingerprint density at radius 2 is 1.88 bits per heavy atom. The number of benzene rings is 1. The molecule has 2 aliphatic heterocycles. The molecule has 3 N–H and O–H groups in total. The van der Waals surface area contributed by atoms with Gasteiger partial charge in [0.15, 0.2) is 5.82 Å². The van der Waals surface area contributed by atoms with Gasteiger partial charge in [0.1, 0.15) is 45.2 Å². The van der Waals surface area contributed by atoms with Crippen LogP contribution in [0.1, 0.15) is 64.2 Å². The Morgan fingerprint density at radius 3 is 2.68 bits per heavy atom. The molecule has 3 aromatic heterocycles. The van der Waals surface area contributed by atoms with E-state index in [0.717, 1.165) is 31.1 Å². The SMILES string of the molecule is O=C(N[C@H]1COCCC/C=C\[C@H]2C[C@@]2(C(=O)NS(=O)(=O)C2CC2)NC(=O)[C@@H]2C[C@@H](Oc3nc(-c4cccc(F)c4)nc4c3sc3ncccc34)CN2C1=O)OC1CCCC1. The van der Waals surface area contributed by atoms with Crippen molar-refractivity contribution in [3.63, 3.8) is 0 Å². The quantitative estimate of drug-likeness (QED) is 0.212. The van der Waals surface area contributed by atoms with Crippen molar-refractivity contribution in [2.24, 2.45) is 5.92 Å². The van der Waals surface area contributed by atoms with Gasteiger partial charge in [0.25, 0.3) is 5.91 Å². The van der Waals surface area contributed by atoms with Crippen molar-refractivity contribution in [2.75, 3.05) is 19.8 Å². The average molecular weight is 862 g/mol. The smallest absolute Gasteiger partial charge is 0.408 e. The van der Waals surface area contributed by atoms with Gasteiger partial charge in [0.2, 0.25) is 27.7 Å². The highest BCUT2D eigenvalue weighted by molar-refractivity contribution is 7.91. The number of nitrogens with zero attached hydrogens (tertiary/aromatic N) is 4. The highest BCUT2D eigenvalue weighted by atomic mass is 32.2. The number of aromatic nitrogens is 3. The second kappa shape index (κ2) is 16.3. The summed E-state index contributed by atoms with van der Waals surface area (Å²) >= 11 is 1.29. The standard InChI is InChI=1S/C41H44FN7O9S2/c42-25-10-6-8-23(18-25)34-45-32-29-13-7-16-43-37(29)59-33(32)36(46-34)57-27-19-31-35(50)47-41(39(52)48-60(54,55)28-14-15-28)20-24(41)9-2-1-5-17-56-22-30(38(51)49(31)21-27)44-40(53)58-26-11-3-4-12-26/h2,6-10,13,16,18,24,26-28,30-31H,1,3-5,11-12,14-15,17,19-22H2,(H,44,53)(H,47,50)(H,48,52)/b9-2-/t24-,27+,30-,31-,41+/m0/s1. The molecule has 4 aromatic rings. The van der Waals surface area contributed by atoms with Gasteiger partial charge in [0, 0.05) is 36.1 Å². The molecule has 0 bridgehead atoms. The Balaban J connectivity index is 1.05. The molecule has 0 spiro atoms. The summed E-state index contributed by atoms with van der Waals surface area (Å²) in [6.07, 6.45) is 8.76. The number of nitrogens with one attached hydrogen (secondary N) is 3. The lowest BCUT2D eigenvalue weighted by Crippen LogP contribution is -2.59. The largest absolute Gasteiger partial charge is 0.471 e.